The highest BCUT2D eigenvalue weighted by atomic mass is 35.5. The number of benzene rings is 1. The summed E-state index contributed by atoms with van der Waals surface area (Å²) in [7, 11) is 1.59. The van der Waals surface area contributed by atoms with Crippen molar-refractivity contribution in [2.45, 2.75) is 12.5 Å². The van der Waals surface area contributed by atoms with Crippen molar-refractivity contribution < 1.29 is 13.9 Å². The zero-order valence-corrected chi connectivity index (χ0v) is 13.0. The second-order valence-electron chi connectivity index (χ2n) is 4.47. The van der Waals surface area contributed by atoms with Crippen molar-refractivity contribution >= 4 is 28.8 Å². The highest BCUT2D eigenvalue weighted by Gasteiger charge is 2.14. The molecule has 1 amide bonds. The van der Waals surface area contributed by atoms with Gasteiger partial charge >= 0.3 is 0 Å². The van der Waals surface area contributed by atoms with Gasteiger partial charge in [0, 0.05) is 18.5 Å². The number of hydrogen-bond donors (Lipinski definition) is 1. The Labute approximate surface area is 131 Å². The highest BCUT2D eigenvalue weighted by molar-refractivity contribution is 7.16. The van der Waals surface area contributed by atoms with Crippen LogP contribution in [-0.4, -0.2) is 19.6 Å². The van der Waals surface area contributed by atoms with Crippen molar-refractivity contribution in [3.8, 4) is 0 Å². The zero-order chi connectivity index (χ0) is 15.2. The number of halogens is 2. The van der Waals surface area contributed by atoms with Gasteiger partial charge in [-0.15, -0.1) is 11.3 Å². The summed E-state index contributed by atoms with van der Waals surface area (Å²) in [5.74, 6) is -0.445. The standard InChI is InChI=1S/C15H15ClFNO2S/c1-20-12(13-6-7-14(16)21-13)9-18-15(19)8-10-2-4-11(17)5-3-10/h2-7,12H,8-9H2,1H3,(H,18,19). The van der Waals surface area contributed by atoms with E-state index in [1.165, 1.54) is 23.5 Å². The molecule has 6 heteroatoms. The zero-order valence-electron chi connectivity index (χ0n) is 11.4. The third-order valence-electron chi connectivity index (χ3n) is 2.96. The number of methoxy groups -OCH3 is 1. The molecule has 0 bridgehead atoms. The van der Waals surface area contributed by atoms with E-state index in [2.05, 4.69) is 5.32 Å². The molecule has 0 fully saturated rings. The van der Waals surface area contributed by atoms with Crippen molar-refractivity contribution in [2.24, 2.45) is 0 Å². The Balaban J connectivity index is 1.86. The highest BCUT2D eigenvalue weighted by Crippen LogP contribution is 2.28. The molecule has 0 radical (unpaired) electrons. The monoisotopic (exact) mass is 327 g/mol. The Kier molecular flexibility index (Phi) is 5.73. The van der Waals surface area contributed by atoms with Gasteiger partial charge in [-0.05, 0) is 29.8 Å². The normalized spacial score (nSPS) is 12.1. The van der Waals surface area contributed by atoms with Gasteiger partial charge in [-0.25, -0.2) is 4.39 Å². The summed E-state index contributed by atoms with van der Waals surface area (Å²) in [6.45, 7) is 0.368. The fraction of sp³-hybridized carbons (Fsp3) is 0.267. The predicted octanol–water partition coefficient (Wildman–Crippen LogP) is 3.59. The first-order valence-corrected chi connectivity index (χ1v) is 7.57. The summed E-state index contributed by atoms with van der Waals surface area (Å²) in [5, 5.41) is 2.81. The number of ether oxygens (including phenoxy) is 1. The molecule has 2 rings (SSSR count). The van der Waals surface area contributed by atoms with Crippen molar-refractivity contribution in [1.82, 2.24) is 5.32 Å². The van der Waals surface area contributed by atoms with Gasteiger partial charge in [-0.1, -0.05) is 23.7 Å². The number of carbonyl (C=O) groups is 1. The largest absolute Gasteiger partial charge is 0.374 e. The van der Waals surface area contributed by atoms with E-state index in [0.29, 0.717) is 10.9 Å². The van der Waals surface area contributed by atoms with Crippen LogP contribution in [-0.2, 0) is 16.0 Å². The van der Waals surface area contributed by atoms with Crippen LogP contribution >= 0.6 is 22.9 Å². The molecule has 0 spiro atoms. The molecule has 1 atom stereocenters. The summed E-state index contributed by atoms with van der Waals surface area (Å²) in [4.78, 5) is 12.8. The van der Waals surface area contributed by atoms with E-state index in [4.69, 9.17) is 16.3 Å². The number of thiophene rings is 1. The summed E-state index contributed by atoms with van der Waals surface area (Å²) >= 11 is 7.31. The molecule has 1 heterocycles. The van der Waals surface area contributed by atoms with Crippen LogP contribution in [0.4, 0.5) is 4.39 Å². The molecular formula is C15H15ClFNO2S. The van der Waals surface area contributed by atoms with Crippen LogP contribution in [0, 0.1) is 5.82 Å². The molecule has 0 aliphatic rings. The summed E-state index contributed by atoms with van der Waals surface area (Å²) < 4.78 is 18.8. The minimum atomic E-state index is -0.312. The van der Waals surface area contributed by atoms with E-state index in [-0.39, 0.29) is 24.2 Å². The van der Waals surface area contributed by atoms with Gasteiger partial charge in [0.05, 0.1) is 10.8 Å². The van der Waals surface area contributed by atoms with Crippen molar-refractivity contribution in [3.63, 3.8) is 0 Å². The molecule has 3 nitrogen and oxygen atoms in total. The van der Waals surface area contributed by atoms with Gasteiger partial charge in [0.15, 0.2) is 0 Å². The molecule has 2 aromatic rings. The average molecular weight is 328 g/mol. The molecule has 0 aliphatic carbocycles. The van der Waals surface area contributed by atoms with E-state index < -0.39 is 0 Å². The second kappa shape index (κ2) is 7.54. The molecule has 0 saturated heterocycles. The summed E-state index contributed by atoms with van der Waals surface area (Å²) in [6.07, 6.45) is -0.0123. The first kappa shape index (κ1) is 15.9. The van der Waals surface area contributed by atoms with E-state index in [9.17, 15) is 9.18 Å². The van der Waals surface area contributed by atoms with Gasteiger partial charge in [0.1, 0.15) is 11.9 Å². The van der Waals surface area contributed by atoms with Crippen molar-refractivity contribution in [1.29, 1.82) is 0 Å². The van der Waals surface area contributed by atoms with Crippen LogP contribution in [0.3, 0.4) is 0 Å². The van der Waals surface area contributed by atoms with E-state index in [0.717, 1.165) is 10.4 Å². The molecule has 1 unspecified atom stereocenters. The van der Waals surface area contributed by atoms with Crippen LogP contribution < -0.4 is 5.32 Å². The smallest absolute Gasteiger partial charge is 0.224 e. The molecule has 21 heavy (non-hydrogen) atoms. The fourth-order valence-electron chi connectivity index (χ4n) is 1.86. The number of carbonyl (C=O) groups excluding carboxylic acids is 1. The first-order valence-electron chi connectivity index (χ1n) is 6.37. The molecule has 0 aliphatic heterocycles. The Morgan fingerprint density at radius 3 is 2.62 bits per heavy atom. The lowest BCUT2D eigenvalue weighted by molar-refractivity contribution is -0.121. The number of nitrogens with one attached hydrogen (secondary N) is 1. The fourth-order valence-corrected chi connectivity index (χ4v) is 3.00. The van der Waals surface area contributed by atoms with E-state index >= 15 is 0 Å². The Morgan fingerprint density at radius 2 is 2.05 bits per heavy atom. The quantitative estimate of drug-likeness (QED) is 0.880. The number of amides is 1. The predicted molar refractivity (Wildman–Crippen MR) is 82.2 cm³/mol. The third-order valence-corrected chi connectivity index (χ3v) is 4.28. The molecular weight excluding hydrogens is 313 g/mol. The lowest BCUT2D eigenvalue weighted by Gasteiger charge is -2.14. The van der Waals surface area contributed by atoms with Gasteiger partial charge in [-0.3, -0.25) is 4.79 Å². The minimum Gasteiger partial charge on any atom is -0.374 e. The number of hydrogen-bond acceptors (Lipinski definition) is 3. The van der Waals surface area contributed by atoms with Crippen LogP contribution in [0.1, 0.15) is 16.5 Å². The van der Waals surface area contributed by atoms with Crippen LogP contribution in [0.15, 0.2) is 36.4 Å². The van der Waals surface area contributed by atoms with Crippen molar-refractivity contribution in [3.05, 3.63) is 57.0 Å². The Morgan fingerprint density at radius 1 is 1.33 bits per heavy atom. The van der Waals surface area contributed by atoms with E-state index in [1.54, 1.807) is 25.3 Å². The summed E-state index contributed by atoms with van der Waals surface area (Å²) in [5.41, 5.74) is 0.766. The van der Waals surface area contributed by atoms with Crippen molar-refractivity contribution in [2.75, 3.05) is 13.7 Å². The molecule has 1 aromatic heterocycles. The molecule has 1 N–H and O–H groups in total. The Hall–Kier alpha value is -1.43. The topological polar surface area (TPSA) is 38.3 Å². The lowest BCUT2D eigenvalue weighted by Crippen LogP contribution is -2.30. The second-order valence-corrected chi connectivity index (χ2v) is 6.22. The maximum atomic E-state index is 12.8. The first-order chi connectivity index (χ1) is 10.1. The van der Waals surface area contributed by atoms with Gasteiger partial charge in [0.2, 0.25) is 5.91 Å². The average Bonchev–Trinajstić information content (AvgIpc) is 2.89. The Bertz CT molecular complexity index is 600. The number of rotatable bonds is 6. The molecule has 0 saturated carbocycles. The van der Waals surface area contributed by atoms with E-state index in [1.807, 2.05) is 6.07 Å². The summed E-state index contributed by atoms with van der Waals surface area (Å²) in [6, 6.07) is 9.56. The van der Waals surface area contributed by atoms with Gasteiger partial charge in [0.25, 0.3) is 0 Å². The van der Waals surface area contributed by atoms with Crippen LogP contribution in [0.2, 0.25) is 4.34 Å². The van der Waals surface area contributed by atoms with Crippen LogP contribution in [0.5, 0.6) is 0 Å². The SMILES string of the molecule is COC(CNC(=O)Cc1ccc(F)cc1)c1ccc(Cl)s1. The van der Waals surface area contributed by atoms with Crippen LogP contribution in [0.25, 0.3) is 0 Å². The molecule has 112 valence electrons. The lowest BCUT2D eigenvalue weighted by atomic mass is 10.1. The maximum absolute atomic E-state index is 12.8. The van der Waals surface area contributed by atoms with Gasteiger partial charge in [-0.2, -0.15) is 0 Å². The molecule has 1 aromatic carbocycles. The third kappa shape index (κ3) is 4.81. The van der Waals surface area contributed by atoms with Gasteiger partial charge < -0.3 is 10.1 Å². The maximum Gasteiger partial charge on any atom is 0.224 e. The minimum absolute atomic E-state index is 0.133.